The Balaban J connectivity index is 5.10. The fourth-order valence-electron chi connectivity index (χ4n) is 1.87. The van der Waals surface area contributed by atoms with Gasteiger partial charge in [0.25, 0.3) is 0 Å². The normalized spacial score (nSPS) is 11.6. The molecule has 0 rings (SSSR count). The van der Waals surface area contributed by atoms with Gasteiger partial charge in [-0.3, -0.25) is 9.59 Å². The molecule has 100 valence electrons. The molecule has 17 heavy (non-hydrogen) atoms. The van der Waals surface area contributed by atoms with Gasteiger partial charge >= 0.3 is 5.97 Å². The molecule has 5 heteroatoms. The lowest BCUT2D eigenvalue weighted by Gasteiger charge is -2.36. The Morgan fingerprint density at radius 2 is 1.76 bits per heavy atom. The van der Waals surface area contributed by atoms with Crippen molar-refractivity contribution in [2.75, 3.05) is 13.1 Å². The molecule has 0 aliphatic carbocycles. The summed E-state index contributed by atoms with van der Waals surface area (Å²) in [6.07, 6.45) is 1.25. The third kappa shape index (κ3) is 3.70. The molecule has 1 amide bonds. The third-order valence-corrected chi connectivity index (χ3v) is 3.39. The van der Waals surface area contributed by atoms with Crippen LogP contribution in [0.4, 0.5) is 0 Å². The summed E-state index contributed by atoms with van der Waals surface area (Å²) in [4.78, 5) is 24.6. The van der Waals surface area contributed by atoms with E-state index in [9.17, 15) is 9.59 Å². The van der Waals surface area contributed by atoms with Gasteiger partial charge in [-0.2, -0.15) is 0 Å². The molecule has 0 fully saturated rings. The summed E-state index contributed by atoms with van der Waals surface area (Å²) in [6, 6.07) is -0.136. The standard InChI is InChI=1S/C12H24N2O3/c1-5-12(6-2,8-13)11(17)14(9(3)4)7-10(15)16/h9H,5-8,13H2,1-4H3,(H,15,16). The first-order chi connectivity index (χ1) is 7.84. The zero-order chi connectivity index (χ0) is 13.6. The summed E-state index contributed by atoms with van der Waals surface area (Å²) in [5, 5.41) is 8.84. The van der Waals surface area contributed by atoms with Crippen molar-refractivity contribution >= 4 is 11.9 Å². The van der Waals surface area contributed by atoms with Gasteiger partial charge in [0.2, 0.25) is 5.91 Å². The van der Waals surface area contributed by atoms with E-state index in [1.165, 1.54) is 4.90 Å². The first-order valence-corrected chi connectivity index (χ1v) is 6.07. The van der Waals surface area contributed by atoms with Crippen LogP contribution in [0.2, 0.25) is 0 Å². The third-order valence-electron chi connectivity index (χ3n) is 3.39. The number of hydrogen-bond acceptors (Lipinski definition) is 3. The van der Waals surface area contributed by atoms with Crippen LogP contribution in [0.25, 0.3) is 0 Å². The van der Waals surface area contributed by atoms with Gasteiger partial charge in [-0.25, -0.2) is 0 Å². The Hall–Kier alpha value is -1.10. The van der Waals surface area contributed by atoms with Gasteiger partial charge in [-0.1, -0.05) is 13.8 Å². The first-order valence-electron chi connectivity index (χ1n) is 6.07. The van der Waals surface area contributed by atoms with E-state index in [2.05, 4.69) is 0 Å². The van der Waals surface area contributed by atoms with E-state index < -0.39 is 11.4 Å². The number of nitrogens with two attached hydrogens (primary N) is 1. The highest BCUT2D eigenvalue weighted by atomic mass is 16.4. The Morgan fingerprint density at radius 3 is 2.00 bits per heavy atom. The van der Waals surface area contributed by atoms with Crippen molar-refractivity contribution in [3.05, 3.63) is 0 Å². The lowest BCUT2D eigenvalue weighted by molar-refractivity contribution is -0.151. The van der Waals surface area contributed by atoms with Crippen LogP contribution >= 0.6 is 0 Å². The van der Waals surface area contributed by atoms with E-state index >= 15 is 0 Å². The summed E-state index contributed by atoms with van der Waals surface area (Å²) in [5.74, 6) is -1.15. The van der Waals surface area contributed by atoms with E-state index in [1.807, 2.05) is 27.7 Å². The lowest BCUT2D eigenvalue weighted by Crippen LogP contribution is -2.51. The molecule has 0 heterocycles. The molecule has 0 aromatic rings. The SMILES string of the molecule is CCC(CC)(CN)C(=O)N(CC(=O)O)C(C)C. The molecule has 0 radical (unpaired) electrons. The number of aliphatic carboxylic acids is 1. The fraction of sp³-hybridized carbons (Fsp3) is 0.833. The highest BCUT2D eigenvalue weighted by Crippen LogP contribution is 2.28. The van der Waals surface area contributed by atoms with Crippen molar-refractivity contribution < 1.29 is 14.7 Å². The summed E-state index contributed by atoms with van der Waals surface area (Å²) in [7, 11) is 0. The molecule has 5 nitrogen and oxygen atoms in total. The molecule has 0 aliphatic rings. The highest BCUT2D eigenvalue weighted by Gasteiger charge is 2.38. The predicted molar refractivity (Wildman–Crippen MR) is 66.6 cm³/mol. The van der Waals surface area contributed by atoms with E-state index in [-0.39, 0.29) is 25.0 Å². The van der Waals surface area contributed by atoms with Crippen LogP contribution < -0.4 is 5.73 Å². The topological polar surface area (TPSA) is 83.6 Å². The van der Waals surface area contributed by atoms with Crippen LogP contribution in [0.5, 0.6) is 0 Å². The molecule has 0 bridgehead atoms. The van der Waals surface area contributed by atoms with Gasteiger partial charge in [0.15, 0.2) is 0 Å². The summed E-state index contributed by atoms with van der Waals surface area (Å²) >= 11 is 0. The smallest absolute Gasteiger partial charge is 0.323 e. The van der Waals surface area contributed by atoms with Gasteiger partial charge in [0.05, 0.1) is 5.41 Å². The molecule has 0 saturated carbocycles. The highest BCUT2D eigenvalue weighted by molar-refractivity contribution is 5.86. The number of nitrogens with zero attached hydrogens (tertiary/aromatic N) is 1. The molecule has 0 saturated heterocycles. The van der Waals surface area contributed by atoms with Crippen LogP contribution in [-0.2, 0) is 9.59 Å². The predicted octanol–water partition coefficient (Wildman–Crippen LogP) is 1.07. The van der Waals surface area contributed by atoms with Gasteiger partial charge in [0, 0.05) is 12.6 Å². The van der Waals surface area contributed by atoms with Crippen LogP contribution in [0, 0.1) is 5.41 Å². The van der Waals surface area contributed by atoms with Crippen molar-refractivity contribution in [3.63, 3.8) is 0 Å². The molecule has 0 aromatic carbocycles. The zero-order valence-corrected chi connectivity index (χ0v) is 11.2. The maximum Gasteiger partial charge on any atom is 0.323 e. The average molecular weight is 244 g/mol. The second-order valence-electron chi connectivity index (χ2n) is 4.61. The van der Waals surface area contributed by atoms with Crippen molar-refractivity contribution in [1.82, 2.24) is 4.90 Å². The number of carbonyl (C=O) groups excluding carboxylic acids is 1. The second kappa shape index (κ2) is 6.59. The maximum absolute atomic E-state index is 12.4. The summed E-state index contributed by atoms with van der Waals surface area (Å²) in [5.41, 5.74) is 5.08. The molecule has 0 atom stereocenters. The zero-order valence-electron chi connectivity index (χ0n) is 11.2. The molecular formula is C12H24N2O3. The second-order valence-corrected chi connectivity index (χ2v) is 4.61. The molecule has 0 aromatic heterocycles. The first kappa shape index (κ1) is 15.9. The molecule has 3 N–H and O–H groups in total. The minimum atomic E-state index is -0.995. The van der Waals surface area contributed by atoms with Crippen molar-refractivity contribution in [1.29, 1.82) is 0 Å². The van der Waals surface area contributed by atoms with Gasteiger partial charge in [-0.05, 0) is 26.7 Å². The van der Waals surface area contributed by atoms with Crippen LogP contribution in [0.3, 0.4) is 0 Å². The van der Waals surface area contributed by atoms with Crippen LogP contribution in [0.15, 0.2) is 0 Å². The number of rotatable bonds is 7. The van der Waals surface area contributed by atoms with Gasteiger partial charge < -0.3 is 15.7 Å². The Morgan fingerprint density at radius 1 is 1.29 bits per heavy atom. The molecule has 0 aliphatic heterocycles. The average Bonchev–Trinajstić information content (AvgIpc) is 2.28. The number of hydrogen-bond donors (Lipinski definition) is 2. The Kier molecular flexibility index (Phi) is 6.16. The van der Waals surface area contributed by atoms with E-state index in [0.29, 0.717) is 12.8 Å². The molecular weight excluding hydrogens is 220 g/mol. The largest absolute Gasteiger partial charge is 0.480 e. The van der Waals surface area contributed by atoms with Gasteiger partial charge in [-0.15, -0.1) is 0 Å². The maximum atomic E-state index is 12.4. The number of carbonyl (C=O) groups is 2. The minimum absolute atomic E-state index is 0.136. The number of amides is 1. The minimum Gasteiger partial charge on any atom is -0.480 e. The van der Waals surface area contributed by atoms with Crippen molar-refractivity contribution in [2.45, 2.75) is 46.6 Å². The Labute approximate surface area is 103 Å². The summed E-state index contributed by atoms with van der Waals surface area (Å²) in [6.45, 7) is 7.43. The Bertz CT molecular complexity index is 265. The van der Waals surface area contributed by atoms with E-state index in [4.69, 9.17) is 10.8 Å². The monoisotopic (exact) mass is 244 g/mol. The van der Waals surface area contributed by atoms with Crippen LogP contribution in [-0.4, -0.2) is 41.0 Å². The lowest BCUT2D eigenvalue weighted by atomic mass is 9.80. The number of carboxylic acids is 1. The van der Waals surface area contributed by atoms with E-state index in [1.54, 1.807) is 0 Å². The quantitative estimate of drug-likeness (QED) is 0.701. The molecule has 0 spiro atoms. The van der Waals surface area contributed by atoms with Crippen molar-refractivity contribution in [2.24, 2.45) is 11.1 Å². The van der Waals surface area contributed by atoms with Gasteiger partial charge in [0.1, 0.15) is 6.54 Å². The van der Waals surface area contributed by atoms with E-state index in [0.717, 1.165) is 0 Å². The summed E-state index contributed by atoms with van der Waals surface area (Å²) < 4.78 is 0. The number of carboxylic acid groups (broad SMARTS) is 1. The van der Waals surface area contributed by atoms with Crippen LogP contribution in [0.1, 0.15) is 40.5 Å². The fourth-order valence-corrected chi connectivity index (χ4v) is 1.87. The molecule has 0 unspecified atom stereocenters. The van der Waals surface area contributed by atoms with Crippen molar-refractivity contribution in [3.8, 4) is 0 Å².